The second-order valence-corrected chi connectivity index (χ2v) is 9.69. The van der Waals surface area contributed by atoms with Crippen LogP contribution in [0.1, 0.15) is 52.1 Å². The number of nitrogens with zero attached hydrogens (tertiary/aromatic N) is 4. The first-order chi connectivity index (χ1) is 19.4. The molecule has 2 heterocycles. The average molecular weight is 543 g/mol. The molecule has 5 atom stereocenters. The molecule has 1 aliphatic rings. The summed E-state index contributed by atoms with van der Waals surface area (Å²) in [6, 6.07) is 24.8. The number of carbonyl (C=O) groups excluding carboxylic acids is 2. The Morgan fingerprint density at radius 1 is 0.825 bits per heavy atom. The maximum atomic E-state index is 13.1. The highest BCUT2D eigenvalue weighted by atomic mass is 16.7. The Balaban J connectivity index is 1.41. The molecule has 1 aliphatic heterocycles. The zero-order valence-electron chi connectivity index (χ0n) is 22.4. The fourth-order valence-corrected chi connectivity index (χ4v) is 4.67. The SMILES string of the molecule is COc1ccc(Cn2nnnc2C2OC(OC(=O)c3ccccc3)C(OC(=O)c3ccccc3)[C@@H](C)[C@@H]2C)cc1. The number of benzene rings is 3. The van der Waals surface area contributed by atoms with E-state index in [0.29, 0.717) is 23.5 Å². The number of tetrazole rings is 1. The van der Waals surface area contributed by atoms with Gasteiger partial charge in [-0.15, -0.1) is 5.10 Å². The minimum absolute atomic E-state index is 0.194. The Hall–Kier alpha value is -4.57. The summed E-state index contributed by atoms with van der Waals surface area (Å²) in [5, 5.41) is 12.3. The smallest absolute Gasteiger partial charge is 0.340 e. The van der Waals surface area contributed by atoms with Crippen molar-refractivity contribution in [1.29, 1.82) is 0 Å². The molecule has 0 aliphatic carbocycles. The summed E-state index contributed by atoms with van der Waals surface area (Å²) in [6.45, 7) is 4.30. The highest BCUT2D eigenvalue weighted by Crippen LogP contribution is 2.41. The zero-order chi connectivity index (χ0) is 28.1. The van der Waals surface area contributed by atoms with Gasteiger partial charge in [-0.3, -0.25) is 0 Å². The summed E-state index contributed by atoms with van der Waals surface area (Å²) >= 11 is 0. The monoisotopic (exact) mass is 542 g/mol. The molecule has 10 heteroatoms. The first-order valence-corrected chi connectivity index (χ1v) is 13.0. The fourth-order valence-electron chi connectivity index (χ4n) is 4.67. The van der Waals surface area contributed by atoms with Crippen LogP contribution >= 0.6 is 0 Å². The van der Waals surface area contributed by atoms with Gasteiger partial charge in [-0.2, -0.15) is 0 Å². The zero-order valence-corrected chi connectivity index (χ0v) is 22.4. The van der Waals surface area contributed by atoms with Gasteiger partial charge in [0.1, 0.15) is 11.9 Å². The lowest BCUT2D eigenvalue weighted by Gasteiger charge is -2.42. The highest BCUT2D eigenvalue weighted by molar-refractivity contribution is 5.90. The Morgan fingerprint density at radius 2 is 1.43 bits per heavy atom. The van der Waals surface area contributed by atoms with Gasteiger partial charge in [0.2, 0.25) is 6.29 Å². The molecule has 3 aromatic carbocycles. The van der Waals surface area contributed by atoms with Crippen molar-refractivity contribution in [3.05, 3.63) is 107 Å². The minimum atomic E-state index is -1.19. The van der Waals surface area contributed by atoms with Crippen LogP contribution in [0.5, 0.6) is 5.75 Å². The fraction of sp³-hybridized carbons (Fsp3) is 0.300. The first-order valence-electron chi connectivity index (χ1n) is 13.0. The first kappa shape index (κ1) is 27.0. The second kappa shape index (κ2) is 12.1. The Labute approximate surface area is 231 Å². The van der Waals surface area contributed by atoms with E-state index < -0.39 is 30.4 Å². The van der Waals surface area contributed by atoms with E-state index in [0.717, 1.165) is 11.3 Å². The van der Waals surface area contributed by atoms with Gasteiger partial charge in [0, 0.05) is 5.92 Å². The van der Waals surface area contributed by atoms with Crippen molar-refractivity contribution in [2.45, 2.75) is 38.9 Å². The molecule has 0 spiro atoms. The van der Waals surface area contributed by atoms with Crippen LogP contribution in [0.25, 0.3) is 0 Å². The van der Waals surface area contributed by atoms with Gasteiger partial charge in [0.25, 0.3) is 0 Å². The molecule has 1 aromatic heterocycles. The summed E-state index contributed by atoms with van der Waals surface area (Å²) in [4.78, 5) is 26.1. The third-order valence-corrected chi connectivity index (χ3v) is 7.16. The van der Waals surface area contributed by atoms with E-state index in [-0.39, 0.29) is 11.8 Å². The number of rotatable bonds is 8. The van der Waals surface area contributed by atoms with E-state index in [4.69, 9.17) is 18.9 Å². The lowest BCUT2D eigenvalue weighted by Crippen LogP contribution is -2.50. The molecule has 0 N–H and O–H groups in total. The summed E-state index contributed by atoms with van der Waals surface area (Å²) in [5.41, 5.74) is 1.71. The molecule has 5 rings (SSSR count). The predicted octanol–water partition coefficient (Wildman–Crippen LogP) is 4.48. The van der Waals surface area contributed by atoms with Crippen LogP contribution in [-0.2, 0) is 20.8 Å². The van der Waals surface area contributed by atoms with Crippen molar-refractivity contribution >= 4 is 11.9 Å². The predicted molar refractivity (Wildman–Crippen MR) is 143 cm³/mol. The van der Waals surface area contributed by atoms with Crippen LogP contribution in [0.2, 0.25) is 0 Å². The van der Waals surface area contributed by atoms with E-state index in [9.17, 15) is 9.59 Å². The van der Waals surface area contributed by atoms with Crippen molar-refractivity contribution in [2.75, 3.05) is 7.11 Å². The van der Waals surface area contributed by atoms with Crippen LogP contribution in [0.4, 0.5) is 0 Å². The number of aromatic nitrogens is 4. The number of hydrogen-bond donors (Lipinski definition) is 0. The van der Waals surface area contributed by atoms with E-state index in [2.05, 4.69) is 15.5 Å². The molecule has 1 fully saturated rings. The maximum Gasteiger partial charge on any atom is 0.340 e. The van der Waals surface area contributed by atoms with Crippen molar-refractivity contribution in [2.24, 2.45) is 11.8 Å². The number of methoxy groups -OCH3 is 1. The standard InChI is InChI=1S/C30H30N4O6/c1-19-20(2)26(38-28(35)22-10-6-4-7-11-22)30(40-29(36)23-12-8-5-9-13-23)39-25(19)27-31-32-33-34(27)18-21-14-16-24(37-3)17-15-21/h4-17,19-20,25-26,30H,18H2,1-3H3/t19-,20-,25?,26?,30?/m0/s1. The van der Waals surface area contributed by atoms with Gasteiger partial charge in [0.05, 0.1) is 24.8 Å². The van der Waals surface area contributed by atoms with Crippen LogP contribution in [0.3, 0.4) is 0 Å². The Bertz CT molecular complexity index is 1430. The summed E-state index contributed by atoms with van der Waals surface area (Å²) < 4.78 is 25.0. The summed E-state index contributed by atoms with van der Waals surface area (Å²) in [5.74, 6) is -0.366. The topological polar surface area (TPSA) is 115 Å². The van der Waals surface area contributed by atoms with Crippen LogP contribution < -0.4 is 4.74 Å². The molecule has 206 valence electrons. The molecule has 1 saturated heterocycles. The van der Waals surface area contributed by atoms with E-state index in [1.807, 2.05) is 44.2 Å². The van der Waals surface area contributed by atoms with Gasteiger partial charge >= 0.3 is 11.9 Å². The Morgan fingerprint density at radius 3 is 2.02 bits per heavy atom. The van der Waals surface area contributed by atoms with Crippen molar-refractivity contribution in [1.82, 2.24) is 20.2 Å². The molecular weight excluding hydrogens is 512 g/mol. The summed E-state index contributed by atoms with van der Waals surface area (Å²) in [6.07, 6.45) is -2.69. The minimum Gasteiger partial charge on any atom is -0.497 e. The number of esters is 2. The molecule has 40 heavy (non-hydrogen) atoms. The van der Waals surface area contributed by atoms with Gasteiger partial charge in [-0.05, 0) is 58.3 Å². The van der Waals surface area contributed by atoms with Crippen LogP contribution in [-0.4, -0.2) is 51.6 Å². The number of ether oxygens (including phenoxy) is 4. The van der Waals surface area contributed by atoms with Crippen molar-refractivity contribution in [3.8, 4) is 5.75 Å². The summed E-state index contributed by atoms with van der Waals surface area (Å²) in [7, 11) is 1.61. The van der Waals surface area contributed by atoms with Gasteiger partial charge in [-0.25, -0.2) is 14.3 Å². The highest BCUT2D eigenvalue weighted by Gasteiger charge is 2.48. The van der Waals surface area contributed by atoms with E-state index >= 15 is 0 Å². The van der Waals surface area contributed by atoms with Crippen molar-refractivity contribution in [3.63, 3.8) is 0 Å². The molecule has 0 radical (unpaired) electrons. The van der Waals surface area contributed by atoms with Crippen molar-refractivity contribution < 1.29 is 28.5 Å². The number of hydrogen-bond acceptors (Lipinski definition) is 9. The largest absolute Gasteiger partial charge is 0.497 e. The maximum absolute atomic E-state index is 13.1. The third-order valence-electron chi connectivity index (χ3n) is 7.16. The van der Waals surface area contributed by atoms with Crippen LogP contribution in [0, 0.1) is 11.8 Å². The Kier molecular flexibility index (Phi) is 8.16. The van der Waals surface area contributed by atoms with Gasteiger partial charge in [-0.1, -0.05) is 62.4 Å². The van der Waals surface area contributed by atoms with E-state index in [1.165, 1.54) is 0 Å². The molecule has 10 nitrogen and oxygen atoms in total. The molecule has 0 bridgehead atoms. The lowest BCUT2D eigenvalue weighted by atomic mass is 9.83. The molecule has 0 amide bonds. The van der Waals surface area contributed by atoms with Crippen LogP contribution in [0.15, 0.2) is 84.9 Å². The van der Waals surface area contributed by atoms with Gasteiger partial charge < -0.3 is 18.9 Å². The molecular formula is C30H30N4O6. The average Bonchev–Trinajstić information content (AvgIpc) is 3.45. The molecule has 3 unspecified atom stereocenters. The quantitative estimate of drug-likeness (QED) is 0.297. The second-order valence-electron chi connectivity index (χ2n) is 9.69. The van der Waals surface area contributed by atoms with Gasteiger partial charge in [0.15, 0.2) is 11.9 Å². The third kappa shape index (κ3) is 5.86. The number of carbonyl (C=O) groups is 2. The molecule has 4 aromatic rings. The van der Waals surface area contributed by atoms with E-state index in [1.54, 1.807) is 66.4 Å². The molecule has 0 saturated carbocycles. The normalized spacial score (nSPS) is 22.3. The lowest BCUT2D eigenvalue weighted by molar-refractivity contribution is -0.253.